The van der Waals surface area contributed by atoms with E-state index in [4.69, 9.17) is 4.74 Å². The van der Waals surface area contributed by atoms with Gasteiger partial charge in [0.2, 0.25) is 0 Å². The van der Waals surface area contributed by atoms with Crippen molar-refractivity contribution in [3.63, 3.8) is 0 Å². The number of carbonyl (C=O) groups is 2. The molecule has 5 nitrogen and oxygen atoms in total. The Labute approximate surface area is 203 Å². The van der Waals surface area contributed by atoms with Crippen LogP contribution in [0.1, 0.15) is 22.3 Å². The van der Waals surface area contributed by atoms with Gasteiger partial charge in [-0.2, -0.15) is 0 Å². The van der Waals surface area contributed by atoms with Crippen molar-refractivity contribution in [3.05, 3.63) is 104 Å². The van der Waals surface area contributed by atoms with E-state index in [1.54, 1.807) is 6.08 Å². The second-order valence-electron chi connectivity index (χ2n) is 7.47. The molecule has 0 saturated carbocycles. The quantitative estimate of drug-likeness (QED) is 0.291. The Hall–Kier alpha value is -2.90. The van der Waals surface area contributed by atoms with Gasteiger partial charge in [-0.1, -0.05) is 73.8 Å². The Kier molecular flexibility index (Phi) is 6.77. The lowest BCUT2D eigenvalue weighted by molar-refractivity contribution is -0.123. The van der Waals surface area contributed by atoms with E-state index in [1.807, 2.05) is 73.7 Å². The summed E-state index contributed by atoms with van der Waals surface area (Å²) in [5, 5.41) is 2.69. The molecule has 1 fully saturated rings. The molecule has 0 aliphatic carbocycles. The highest BCUT2D eigenvalue weighted by Gasteiger charge is 2.33. The third kappa shape index (κ3) is 5.29. The van der Waals surface area contributed by atoms with Gasteiger partial charge in [0.15, 0.2) is 0 Å². The number of carbonyl (C=O) groups excluding carboxylic acids is 2. The number of aryl methyl sites for hydroxylation is 1. The zero-order chi connectivity index (χ0) is 22.7. The monoisotopic (exact) mass is 554 g/mol. The Morgan fingerprint density at radius 1 is 0.938 bits per heavy atom. The van der Waals surface area contributed by atoms with E-state index < -0.39 is 6.03 Å². The zero-order valence-electron chi connectivity index (χ0n) is 17.3. The normalized spacial score (nSPS) is 14.7. The molecule has 7 heteroatoms. The van der Waals surface area contributed by atoms with Gasteiger partial charge >= 0.3 is 6.03 Å². The summed E-state index contributed by atoms with van der Waals surface area (Å²) in [6.07, 6.45) is 1.65. The first-order chi connectivity index (χ1) is 15.4. The largest absolute Gasteiger partial charge is 0.488 e. The van der Waals surface area contributed by atoms with Gasteiger partial charge in [0.05, 0.1) is 6.54 Å². The van der Waals surface area contributed by atoms with Gasteiger partial charge in [-0.3, -0.25) is 9.69 Å². The lowest BCUT2D eigenvalue weighted by atomic mass is 10.1. The second-order valence-corrected chi connectivity index (χ2v) is 9.30. The van der Waals surface area contributed by atoms with E-state index in [0.29, 0.717) is 17.9 Å². The number of ether oxygens (including phenoxy) is 1. The number of hydrogen-bond donors (Lipinski definition) is 1. The summed E-state index contributed by atoms with van der Waals surface area (Å²) in [5.41, 5.74) is 3.90. The maximum atomic E-state index is 12.9. The first-order valence-electron chi connectivity index (χ1n) is 9.96. The van der Waals surface area contributed by atoms with Gasteiger partial charge in [0.25, 0.3) is 5.91 Å². The molecule has 1 heterocycles. The Bertz CT molecular complexity index is 1210. The molecule has 0 radical (unpaired) electrons. The van der Waals surface area contributed by atoms with Crippen molar-refractivity contribution in [1.29, 1.82) is 0 Å². The number of amides is 3. The maximum Gasteiger partial charge on any atom is 0.329 e. The van der Waals surface area contributed by atoms with Crippen LogP contribution in [0.5, 0.6) is 5.75 Å². The predicted octanol–water partition coefficient (Wildman–Crippen LogP) is 6.19. The number of benzene rings is 3. The van der Waals surface area contributed by atoms with Crippen molar-refractivity contribution in [1.82, 2.24) is 10.2 Å². The molecule has 1 aliphatic rings. The second kappa shape index (κ2) is 9.71. The van der Waals surface area contributed by atoms with E-state index in [9.17, 15) is 9.59 Å². The van der Waals surface area contributed by atoms with Crippen molar-refractivity contribution >= 4 is 49.9 Å². The van der Waals surface area contributed by atoms with E-state index >= 15 is 0 Å². The number of nitrogens with one attached hydrogen (secondary N) is 1. The first-order valence-corrected chi connectivity index (χ1v) is 11.5. The van der Waals surface area contributed by atoms with Gasteiger partial charge in [0.1, 0.15) is 18.1 Å². The van der Waals surface area contributed by atoms with Gasteiger partial charge in [-0.25, -0.2) is 4.79 Å². The summed E-state index contributed by atoms with van der Waals surface area (Å²) >= 11 is 6.89. The van der Waals surface area contributed by atoms with Gasteiger partial charge < -0.3 is 10.1 Å². The minimum atomic E-state index is -0.435. The summed E-state index contributed by atoms with van der Waals surface area (Å²) in [6.45, 7) is 2.57. The summed E-state index contributed by atoms with van der Waals surface area (Å²) < 4.78 is 7.85. The molecule has 0 spiro atoms. The van der Waals surface area contributed by atoms with Gasteiger partial charge in [-0.05, 0) is 54.5 Å². The number of rotatable bonds is 6. The van der Waals surface area contributed by atoms with Crippen LogP contribution in [0.15, 0.2) is 81.4 Å². The molecule has 3 aromatic rings. The molecule has 3 aromatic carbocycles. The number of nitrogens with zero attached hydrogens (tertiary/aromatic N) is 1. The zero-order valence-corrected chi connectivity index (χ0v) is 20.4. The van der Waals surface area contributed by atoms with E-state index in [2.05, 4.69) is 37.2 Å². The summed E-state index contributed by atoms with van der Waals surface area (Å²) in [6, 6.07) is 20.7. The molecule has 1 aliphatic heterocycles. The van der Waals surface area contributed by atoms with Crippen LogP contribution < -0.4 is 10.1 Å². The van der Waals surface area contributed by atoms with Crippen LogP contribution in [0, 0.1) is 6.92 Å². The third-order valence-corrected chi connectivity index (χ3v) is 5.99. The molecule has 0 aromatic heterocycles. The molecular formula is C25H20Br2N2O3. The average molecular weight is 556 g/mol. The molecule has 0 atom stereocenters. The standard InChI is InChI=1S/C25H20Br2N2O3/c1-16-3-2-4-18(11-16)14-29-24(30)22(28-25(29)31)13-19-12-21(27)9-10-23(19)32-15-17-5-7-20(26)8-6-17/h2-13H,14-15H2,1H3,(H,28,31)/b22-13+. The molecule has 162 valence electrons. The van der Waals surface area contributed by atoms with Crippen molar-refractivity contribution in [2.24, 2.45) is 0 Å². The molecule has 4 rings (SSSR count). The highest BCUT2D eigenvalue weighted by atomic mass is 79.9. The van der Waals surface area contributed by atoms with Crippen molar-refractivity contribution in [2.75, 3.05) is 0 Å². The topological polar surface area (TPSA) is 58.6 Å². The van der Waals surface area contributed by atoms with Crippen molar-refractivity contribution in [2.45, 2.75) is 20.1 Å². The van der Waals surface area contributed by atoms with Crippen LogP contribution in [0.4, 0.5) is 4.79 Å². The fourth-order valence-electron chi connectivity index (χ4n) is 3.37. The Morgan fingerprint density at radius 2 is 1.69 bits per heavy atom. The highest BCUT2D eigenvalue weighted by molar-refractivity contribution is 9.10. The van der Waals surface area contributed by atoms with Crippen LogP contribution >= 0.6 is 31.9 Å². The lowest BCUT2D eigenvalue weighted by Crippen LogP contribution is -2.30. The van der Waals surface area contributed by atoms with Crippen LogP contribution in [0.3, 0.4) is 0 Å². The van der Waals surface area contributed by atoms with E-state index in [-0.39, 0.29) is 18.1 Å². The number of halogens is 2. The number of urea groups is 1. The fraction of sp³-hybridized carbons (Fsp3) is 0.120. The van der Waals surface area contributed by atoms with Crippen LogP contribution in [-0.4, -0.2) is 16.8 Å². The van der Waals surface area contributed by atoms with E-state index in [1.165, 1.54) is 4.90 Å². The van der Waals surface area contributed by atoms with Crippen LogP contribution in [0.2, 0.25) is 0 Å². The van der Waals surface area contributed by atoms with E-state index in [0.717, 1.165) is 25.6 Å². The van der Waals surface area contributed by atoms with Crippen molar-refractivity contribution < 1.29 is 14.3 Å². The number of imide groups is 1. The average Bonchev–Trinajstić information content (AvgIpc) is 3.02. The van der Waals surface area contributed by atoms with Crippen LogP contribution in [-0.2, 0) is 17.9 Å². The van der Waals surface area contributed by atoms with Crippen molar-refractivity contribution in [3.8, 4) is 5.75 Å². The smallest absolute Gasteiger partial charge is 0.329 e. The Balaban J connectivity index is 1.55. The number of hydrogen-bond acceptors (Lipinski definition) is 3. The van der Waals surface area contributed by atoms with Gasteiger partial charge in [0, 0.05) is 14.5 Å². The summed E-state index contributed by atoms with van der Waals surface area (Å²) in [5.74, 6) is 0.248. The molecule has 0 bridgehead atoms. The Morgan fingerprint density at radius 3 is 2.44 bits per heavy atom. The molecule has 3 amide bonds. The predicted molar refractivity (Wildman–Crippen MR) is 131 cm³/mol. The molecule has 1 saturated heterocycles. The first kappa shape index (κ1) is 22.3. The molecule has 0 unspecified atom stereocenters. The molecule has 32 heavy (non-hydrogen) atoms. The SMILES string of the molecule is Cc1cccc(CN2C(=O)N/C(=C/c3cc(Br)ccc3OCc3ccc(Br)cc3)C2=O)c1. The minimum absolute atomic E-state index is 0.217. The summed E-state index contributed by atoms with van der Waals surface area (Å²) in [4.78, 5) is 26.6. The summed E-state index contributed by atoms with van der Waals surface area (Å²) in [7, 11) is 0. The fourth-order valence-corrected chi connectivity index (χ4v) is 4.01. The van der Waals surface area contributed by atoms with Gasteiger partial charge in [-0.15, -0.1) is 0 Å². The minimum Gasteiger partial charge on any atom is -0.488 e. The molecule has 1 N–H and O–H groups in total. The highest BCUT2D eigenvalue weighted by Crippen LogP contribution is 2.28. The third-order valence-electron chi connectivity index (χ3n) is 4.96. The maximum absolute atomic E-state index is 12.9. The molecular weight excluding hydrogens is 536 g/mol. The van der Waals surface area contributed by atoms with Crippen LogP contribution in [0.25, 0.3) is 6.08 Å². The lowest BCUT2D eigenvalue weighted by Gasteiger charge is -2.12.